The fourth-order valence-corrected chi connectivity index (χ4v) is 3.97. The normalized spacial score (nSPS) is 11.4. The number of anilines is 2. The quantitative estimate of drug-likeness (QED) is 0.430. The van der Waals surface area contributed by atoms with E-state index in [0.29, 0.717) is 34.8 Å². The first-order valence-electron chi connectivity index (χ1n) is 10.6. The number of aromatic nitrogens is 1. The highest BCUT2D eigenvalue weighted by Gasteiger charge is 2.15. The van der Waals surface area contributed by atoms with Crippen molar-refractivity contribution in [2.45, 2.75) is 32.1 Å². The van der Waals surface area contributed by atoms with Gasteiger partial charge in [-0.15, -0.1) is 0 Å². The molecule has 1 heterocycles. The molecule has 0 aliphatic rings. The number of sulfonamides is 1. The van der Waals surface area contributed by atoms with Crippen LogP contribution in [0.4, 0.5) is 11.4 Å². The highest BCUT2D eigenvalue weighted by molar-refractivity contribution is 7.92. The van der Waals surface area contributed by atoms with Crippen molar-refractivity contribution in [3.8, 4) is 0 Å². The number of esters is 1. The summed E-state index contributed by atoms with van der Waals surface area (Å²) in [6.07, 6.45) is 3.70. The number of amides is 1. The Labute approximate surface area is 197 Å². The minimum atomic E-state index is -3.83. The number of benzene rings is 2. The van der Waals surface area contributed by atoms with Crippen molar-refractivity contribution in [2.24, 2.45) is 0 Å². The summed E-state index contributed by atoms with van der Waals surface area (Å²) in [5.41, 5.74) is 2.43. The molecule has 10 heteroatoms. The number of rotatable bonds is 9. The molecule has 0 atom stereocenters. The maximum absolute atomic E-state index is 12.7. The fraction of sp³-hybridized carbons (Fsp3) is 0.208. The third kappa shape index (κ3) is 6.10. The Hall–Kier alpha value is -3.92. The number of aryl methyl sites for hydroxylation is 1. The third-order valence-electron chi connectivity index (χ3n) is 4.74. The zero-order valence-corrected chi connectivity index (χ0v) is 19.8. The standard InChI is InChI=1S/C24H25N3O6S/c1-4-22(28)25-23-16(3)26-33-21(23)15-8-17-6-13-20(14-7-17)34(30,31)27-19-11-9-18(10-12-19)24(29)32-5-2/h6-15,27H,4-5H2,1-3H3,(H,25,28). The number of carbonyl (C=O) groups excluding carboxylic acids is 2. The Kier molecular flexibility index (Phi) is 7.85. The molecule has 178 valence electrons. The van der Waals surface area contributed by atoms with Crippen molar-refractivity contribution in [1.29, 1.82) is 0 Å². The van der Waals surface area contributed by atoms with Crippen LogP contribution in [0.5, 0.6) is 0 Å². The van der Waals surface area contributed by atoms with Gasteiger partial charge in [-0.1, -0.05) is 30.3 Å². The molecule has 34 heavy (non-hydrogen) atoms. The summed E-state index contributed by atoms with van der Waals surface area (Å²) in [4.78, 5) is 23.5. The number of nitrogens with zero attached hydrogens (tertiary/aromatic N) is 1. The van der Waals surface area contributed by atoms with Crippen LogP contribution < -0.4 is 10.0 Å². The molecule has 1 aromatic heterocycles. The SMILES string of the molecule is CCOC(=O)c1ccc(NS(=O)(=O)c2ccc(C=Cc3onc(C)c3NC(=O)CC)cc2)cc1. The zero-order valence-electron chi connectivity index (χ0n) is 19.0. The molecule has 0 aliphatic heterocycles. The van der Waals surface area contributed by atoms with Crippen LogP contribution in [-0.2, 0) is 19.6 Å². The van der Waals surface area contributed by atoms with Gasteiger partial charge in [0, 0.05) is 12.1 Å². The minimum absolute atomic E-state index is 0.0746. The third-order valence-corrected chi connectivity index (χ3v) is 6.14. The summed E-state index contributed by atoms with van der Waals surface area (Å²) in [5, 5.41) is 6.63. The van der Waals surface area contributed by atoms with Gasteiger partial charge >= 0.3 is 5.97 Å². The number of carbonyl (C=O) groups is 2. The van der Waals surface area contributed by atoms with Gasteiger partial charge in [0.05, 0.1) is 17.1 Å². The van der Waals surface area contributed by atoms with Crippen molar-refractivity contribution < 1.29 is 27.3 Å². The zero-order chi connectivity index (χ0) is 24.7. The van der Waals surface area contributed by atoms with Gasteiger partial charge in [-0.05, 0) is 61.9 Å². The smallest absolute Gasteiger partial charge is 0.338 e. The van der Waals surface area contributed by atoms with E-state index in [0.717, 1.165) is 5.56 Å². The van der Waals surface area contributed by atoms with Crippen LogP contribution >= 0.6 is 0 Å². The average molecular weight is 484 g/mol. The van der Waals surface area contributed by atoms with Gasteiger partial charge in [-0.2, -0.15) is 0 Å². The van der Waals surface area contributed by atoms with Gasteiger partial charge in [-0.3, -0.25) is 9.52 Å². The van der Waals surface area contributed by atoms with Gasteiger partial charge in [0.1, 0.15) is 11.4 Å². The summed E-state index contributed by atoms with van der Waals surface area (Å²) in [7, 11) is -3.83. The molecule has 2 N–H and O–H groups in total. The van der Waals surface area contributed by atoms with E-state index in [1.54, 1.807) is 45.1 Å². The lowest BCUT2D eigenvalue weighted by Gasteiger charge is -2.09. The van der Waals surface area contributed by atoms with Crippen molar-refractivity contribution in [1.82, 2.24) is 5.16 Å². The van der Waals surface area contributed by atoms with Gasteiger partial charge in [0.2, 0.25) is 5.91 Å². The van der Waals surface area contributed by atoms with Crippen LogP contribution in [-0.4, -0.2) is 32.1 Å². The van der Waals surface area contributed by atoms with Crippen LogP contribution in [0, 0.1) is 6.92 Å². The van der Waals surface area contributed by atoms with Crippen LogP contribution in [0.25, 0.3) is 12.2 Å². The summed E-state index contributed by atoms with van der Waals surface area (Å²) in [6.45, 7) is 5.44. The Bertz CT molecular complexity index is 1290. The van der Waals surface area contributed by atoms with Crippen LogP contribution in [0.3, 0.4) is 0 Å². The van der Waals surface area contributed by atoms with Crippen LogP contribution in [0.1, 0.15) is 47.6 Å². The average Bonchev–Trinajstić information content (AvgIpc) is 3.17. The molecule has 0 aliphatic carbocycles. The second-order valence-corrected chi connectivity index (χ2v) is 8.90. The van der Waals surface area contributed by atoms with E-state index in [1.165, 1.54) is 36.4 Å². The first-order chi connectivity index (χ1) is 16.2. The molecule has 0 radical (unpaired) electrons. The molecule has 0 saturated carbocycles. The molecule has 0 bridgehead atoms. The fourth-order valence-electron chi connectivity index (χ4n) is 2.91. The molecule has 1 amide bonds. The van der Waals surface area contributed by atoms with Crippen molar-refractivity contribution >= 4 is 45.4 Å². The van der Waals surface area contributed by atoms with Crippen molar-refractivity contribution in [3.05, 3.63) is 71.1 Å². The summed E-state index contributed by atoms with van der Waals surface area (Å²) in [5.74, 6) is -0.233. The van der Waals surface area contributed by atoms with E-state index in [-0.39, 0.29) is 17.4 Å². The van der Waals surface area contributed by atoms with Crippen LogP contribution in [0.2, 0.25) is 0 Å². The summed E-state index contributed by atoms with van der Waals surface area (Å²) in [6, 6.07) is 12.2. The highest BCUT2D eigenvalue weighted by atomic mass is 32.2. The molecule has 0 saturated heterocycles. The first-order valence-corrected chi connectivity index (χ1v) is 12.1. The second kappa shape index (κ2) is 10.8. The van der Waals surface area contributed by atoms with E-state index in [2.05, 4.69) is 15.2 Å². The largest absolute Gasteiger partial charge is 0.462 e. The maximum atomic E-state index is 12.7. The van der Waals surface area contributed by atoms with E-state index in [4.69, 9.17) is 9.26 Å². The molecule has 0 fully saturated rings. The summed E-state index contributed by atoms with van der Waals surface area (Å²) < 4.78 is 38.1. The maximum Gasteiger partial charge on any atom is 0.338 e. The van der Waals surface area contributed by atoms with Crippen molar-refractivity contribution in [3.63, 3.8) is 0 Å². The van der Waals surface area contributed by atoms with Crippen molar-refractivity contribution in [2.75, 3.05) is 16.6 Å². The number of hydrogen-bond donors (Lipinski definition) is 2. The van der Waals surface area contributed by atoms with E-state index < -0.39 is 16.0 Å². The molecule has 2 aromatic carbocycles. The van der Waals surface area contributed by atoms with E-state index in [9.17, 15) is 18.0 Å². The number of ether oxygens (including phenoxy) is 1. The van der Waals surface area contributed by atoms with E-state index in [1.807, 2.05) is 0 Å². The lowest BCUT2D eigenvalue weighted by molar-refractivity contribution is -0.115. The molecular weight excluding hydrogens is 458 g/mol. The highest BCUT2D eigenvalue weighted by Crippen LogP contribution is 2.23. The van der Waals surface area contributed by atoms with E-state index >= 15 is 0 Å². The molecule has 3 aromatic rings. The molecule has 0 spiro atoms. The molecule has 9 nitrogen and oxygen atoms in total. The van der Waals surface area contributed by atoms with Gasteiger partial charge < -0.3 is 14.6 Å². The lowest BCUT2D eigenvalue weighted by Crippen LogP contribution is -2.13. The minimum Gasteiger partial charge on any atom is -0.462 e. The lowest BCUT2D eigenvalue weighted by atomic mass is 10.2. The molecule has 0 unspecified atom stereocenters. The van der Waals surface area contributed by atoms with Gasteiger partial charge in [0.15, 0.2) is 5.76 Å². The summed E-state index contributed by atoms with van der Waals surface area (Å²) >= 11 is 0. The first kappa shape index (κ1) is 24.7. The Morgan fingerprint density at radius 2 is 1.71 bits per heavy atom. The second-order valence-electron chi connectivity index (χ2n) is 7.21. The topological polar surface area (TPSA) is 128 Å². The predicted molar refractivity (Wildman–Crippen MR) is 129 cm³/mol. The van der Waals surface area contributed by atoms with Gasteiger partial charge in [0.25, 0.3) is 10.0 Å². The number of hydrogen-bond acceptors (Lipinski definition) is 7. The molecular formula is C24H25N3O6S. The Balaban J connectivity index is 1.70. The Morgan fingerprint density at radius 1 is 1.03 bits per heavy atom. The monoisotopic (exact) mass is 483 g/mol. The molecule has 3 rings (SSSR count). The van der Waals surface area contributed by atoms with Crippen LogP contribution in [0.15, 0.2) is 57.9 Å². The Morgan fingerprint density at radius 3 is 2.32 bits per heavy atom. The van der Waals surface area contributed by atoms with Gasteiger partial charge in [-0.25, -0.2) is 13.2 Å². The number of nitrogens with one attached hydrogen (secondary N) is 2. The predicted octanol–water partition coefficient (Wildman–Crippen LogP) is 4.48.